The fraction of sp³-hybridized carbons (Fsp3) is 0.538. The summed E-state index contributed by atoms with van der Waals surface area (Å²) in [6.45, 7) is 1.62. The van der Waals surface area contributed by atoms with Gasteiger partial charge in [-0.2, -0.15) is 0 Å². The van der Waals surface area contributed by atoms with Crippen molar-refractivity contribution in [1.29, 1.82) is 0 Å². The Morgan fingerprint density at radius 1 is 1.44 bits per heavy atom. The van der Waals surface area contributed by atoms with E-state index in [1.54, 1.807) is 12.1 Å². The predicted octanol–water partition coefficient (Wildman–Crippen LogP) is 1.34. The molecule has 0 bridgehead atoms. The summed E-state index contributed by atoms with van der Waals surface area (Å²) in [6.07, 6.45) is 3.75. The molecule has 0 spiro atoms. The van der Waals surface area contributed by atoms with Gasteiger partial charge in [-0.3, -0.25) is 9.78 Å². The van der Waals surface area contributed by atoms with Crippen LogP contribution in [0.1, 0.15) is 41.6 Å². The summed E-state index contributed by atoms with van der Waals surface area (Å²) in [6, 6.07) is 3.26. The van der Waals surface area contributed by atoms with Gasteiger partial charge in [0.25, 0.3) is 5.91 Å². The lowest BCUT2D eigenvalue weighted by Crippen LogP contribution is -2.35. The zero-order chi connectivity index (χ0) is 13.0. The maximum absolute atomic E-state index is 12.2. The number of aliphatic hydroxyl groups is 1. The molecule has 1 fully saturated rings. The molecule has 1 aromatic heterocycles. The summed E-state index contributed by atoms with van der Waals surface area (Å²) in [5.74, 6) is 0.00153. The molecule has 0 aromatic carbocycles. The Balaban J connectivity index is 2.14. The summed E-state index contributed by atoms with van der Waals surface area (Å²) in [5.41, 5.74) is 0.915. The van der Waals surface area contributed by atoms with Crippen LogP contribution >= 0.6 is 0 Å². The molecule has 0 radical (unpaired) electrons. The molecule has 5 heteroatoms. The molecule has 1 N–H and O–H groups in total. The van der Waals surface area contributed by atoms with Crippen molar-refractivity contribution in [3.8, 4) is 0 Å². The van der Waals surface area contributed by atoms with E-state index in [0.29, 0.717) is 11.3 Å². The number of nitrogens with zero attached hydrogens (tertiary/aromatic N) is 2. The SMILES string of the molecule is COC(O)c1cc(C(=O)N2CCCCC2)ccn1. The van der Waals surface area contributed by atoms with E-state index < -0.39 is 6.29 Å². The van der Waals surface area contributed by atoms with Crippen molar-refractivity contribution in [1.82, 2.24) is 9.88 Å². The Hall–Kier alpha value is -1.46. The molecule has 5 nitrogen and oxygen atoms in total. The molecular weight excluding hydrogens is 232 g/mol. The zero-order valence-electron chi connectivity index (χ0n) is 10.5. The van der Waals surface area contributed by atoms with Gasteiger partial charge < -0.3 is 14.7 Å². The fourth-order valence-corrected chi connectivity index (χ4v) is 2.12. The van der Waals surface area contributed by atoms with Crippen molar-refractivity contribution in [3.63, 3.8) is 0 Å². The lowest BCUT2D eigenvalue weighted by atomic mass is 10.1. The first-order chi connectivity index (χ1) is 8.72. The van der Waals surface area contributed by atoms with Crippen LogP contribution in [0.2, 0.25) is 0 Å². The van der Waals surface area contributed by atoms with Crippen molar-refractivity contribution in [3.05, 3.63) is 29.6 Å². The number of aromatic nitrogens is 1. The fourth-order valence-electron chi connectivity index (χ4n) is 2.12. The summed E-state index contributed by atoms with van der Waals surface area (Å²) >= 11 is 0. The second kappa shape index (κ2) is 5.93. The zero-order valence-corrected chi connectivity index (χ0v) is 10.5. The Kier molecular flexibility index (Phi) is 4.28. The molecular formula is C13H18N2O3. The number of aliphatic hydroxyl groups excluding tert-OH is 1. The molecule has 1 atom stereocenters. The van der Waals surface area contributed by atoms with Gasteiger partial charge in [0.2, 0.25) is 0 Å². The van der Waals surface area contributed by atoms with Crippen LogP contribution in [-0.2, 0) is 4.74 Å². The van der Waals surface area contributed by atoms with Gasteiger partial charge in [-0.25, -0.2) is 0 Å². The van der Waals surface area contributed by atoms with E-state index in [4.69, 9.17) is 4.74 Å². The van der Waals surface area contributed by atoms with Gasteiger partial charge in [0.15, 0.2) is 6.29 Å². The first-order valence-electron chi connectivity index (χ1n) is 6.18. The highest BCUT2D eigenvalue weighted by Gasteiger charge is 2.19. The Morgan fingerprint density at radius 2 is 2.17 bits per heavy atom. The van der Waals surface area contributed by atoms with E-state index in [0.717, 1.165) is 25.9 Å². The van der Waals surface area contributed by atoms with E-state index in [1.807, 2.05) is 4.90 Å². The molecule has 1 saturated heterocycles. The van der Waals surface area contributed by atoms with Crippen LogP contribution in [0.5, 0.6) is 0 Å². The molecule has 0 aliphatic carbocycles. The van der Waals surface area contributed by atoms with Crippen molar-refractivity contribution in [2.45, 2.75) is 25.6 Å². The molecule has 18 heavy (non-hydrogen) atoms. The third-order valence-corrected chi connectivity index (χ3v) is 3.15. The smallest absolute Gasteiger partial charge is 0.253 e. The quantitative estimate of drug-likeness (QED) is 0.822. The standard InChI is InChI=1S/C13H18N2O3/c1-18-13(17)11-9-10(5-6-14-11)12(16)15-7-3-2-4-8-15/h5-6,9,13,17H,2-4,7-8H2,1H3. The number of amides is 1. The summed E-state index contributed by atoms with van der Waals surface area (Å²) in [5, 5.41) is 9.54. The van der Waals surface area contributed by atoms with E-state index in [9.17, 15) is 9.90 Å². The summed E-state index contributed by atoms with van der Waals surface area (Å²) in [7, 11) is 1.39. The third-order valence-electron chi connectivity index (χ3n) is 3.15. The van der Waals surface area contributed by atoms with Crippen molar-refractivity contribution < 1.29 is 14.6 Å². The van der Waals surface area contributed by atoms with E-state index >= 15 is 0 Å². The highest BCUT2D eigenvalue weighted by molar-refractivity contribution is 5.94. The third kappa shape index (κ3) is 2.86. The minimum atomic E-state index is -1.08. The predicted molar refractivity (Wildman–Crippen MR) is 66.0 cm³/mol. The number of methoxy groups -OCH3 is 1. The van der Waals surface area contributed by atoms with Crippen LogP contribution in [0.4, 0.5) is 0 Å². The van der Waals surface area contributed by atoms with Crippen LogP contribution in [0.15, 0.2) is 18.3 Å². The average molecular weight is 250 g/mol. The number of pyridine rings is 1. The number of carbonyl (C=O) groups is 1. The van der Waals surface area contributed by atoms with Crippen molar-refractivity contribution in [2.24, 2.45) is 0 Å². The molecule has 1 amide bonds. The number of piperidine rings is 1. The number of carbonyl (C=O) groups excluding carboxylic acids is 1. The van der Waals surface area contributed by atoms with Crippen molar-refractivity contribution >= 4 is 5.91 Å². The minimum absolute atomic E-state index is 0.00153. The van der Waals surface area contributed by atoms with Gasteiger partial charge in [0.05, 0.1) is 5.69 Å². The number of rotatable bonds is 3. The number of hydrogen-bond donors (Lipinski definition) is 1. The van der Waals surface area contributed by atoms with Crippen LogP contribution in [0.25, 0.3) is 0 Å². The lowest BCUT2D eigenvalue weighted by Gasteiger charge is -2.26. The molecule has 1 unspecified atom stereocenters. The van der Waals surface area contributed by atoms with Crippen LogP contribution in [0.3, 0.4) is 0 Å². The molecule has 1 aliphatic heterocycles. The second-order valence-corrected chi connectivity index (χ2v) is 4.41. The molecule has 2 rings (SSSR count). The number of likely N-dealkylation sites (tertiary alicyclic amines) is 1. The van der Waals surface area contributed by atoms with Crippen LogP contribution in [-0.4, -0.2) is 41.1 Å². The highest BCUT2D eigenvalue weighted by Crippen LogP contribution is 2.16. The van der Waals surface area contributed by atoms with Crippen molar-refractivity contribution in [2.75, 3.05) is 20.2 Å². The molecule has 98 valence electrons. The Bertz CT molecular complexity index is 416. The first kappa shape index (κ1) is 13.0. The largest absolute Gasteiger partial charge is 0.363 e. The summed E-state index contributed by atoms with van der Waals surface area (Å²) in [4.78, 5) is 18.1. The van der Waals surface area contributed by atoms with Gasteiger partial charge in [0, 0.05) is 32.0 Å². The van der Waals surface area contributed by atoms with Gasteiger partial charge >= 0.3 is 0 Å². The molecule has 2 heterocycles. The average Bonchev–Trinajstić information content (AvgIpc) is 2.46. The van der Waals surface area contributed by atoms with Crippen LogP contribution in [0, 0.1) is 0 Å². The molecule has 1 aromatic rings. The monoisotopic (exact) mass is 250 g/mol. The summed E-state index contributed by atoms with van der Waals surface area (Å²) < 4.78 is 4.78. The highest BCUT2D eigenvalue weighted by atomic mass is 16.6. The van der Waals surface area contributed by atoms with Gasteiger partial charge in [-0.1, -0.05) is 0 Å². The maximum atomic E-state index is 12.2. The topological polar surface area (TPSA) is 62.7 Å². The van der Waals surface area contributed by atoms with Gasteiger partial charge in [-0.15, -0.1) is 0 Å². The second-order valence-electron chi connectivity index (χ2n) is 4.41. The molecule has 1 aliphatic rings. The number of hydrogen-bond acceptors (Lipinski definition) is 4. The lowest BCUT2D eigenvalue weighted by molar-refractivity contribution is -0.0799. The number of ether oxygens (including phenoxy) is 1. The van der Waals surface area contributed by atoms with Crippen LogP contribution < -0.4 is 0 Å². The van der Waals surface area contributed by atoms with E-state index in [2.05, 4.69) is 4.98 Å². The van der Waals surface area contributed by atoms with Gasteiger partial charge in [0.1, 0.15) is 0 Å². The molecule has 0 saturated carbocycles. The Labute approximate surface area is 106 Å². The van der Waals surface area contributed by atoms with E-state index in [-0.39, 0.29) is 5.91 Å². The normalized spacial score (nSPS) is 17.6. The Morgan fingerprint density at radius 3 is 2.83 bits per heavy atom. The maximum Gasteiger partial charge on any atom is 0.253 e. The van der Waals surface area contributed by atoms with E-state index in [1.165, 1.54) is 19.7 Å². The van der Waals surface area contributed by atoms with Gasteiger partial charge in [-0.05, 0) is 31.4 Å². The first-order valence-corrected chi connectivity index (χ1v) is 6.18. The minimum Gasteiger partial charge on any atom is -0.363 e.